The number of nitrogens with one attached hydrogen (secondary N) is 1. The molecular formula is C13H18N2O2. The molecule has 1 saturated heterocycles. The van der Waals surface area contributed by atoms with E-state index in [2.05, 4.69) is 5.32 Å². The first-order valence-corrected chi connectivity index (χ1v) is 5.95. The molecule has 1 aromatic carbocycles. The highest BCUT2D eigenvalue weighted by Crippen LogP contribution is 2.18. The lowest BCUT2D eigenvalue weighted by atomic mass is 10.1. The van der Waals surface area contributed by atoms with E-state index < -0.39 is 0 Å². The Balaban J connectivity index is 2.02. The van der Waals surface area contributed by atoms with Gasteiger partial charge in [-0.05, 0) is 37.5 Å². The Morgan fingerprint density at radius 3 is 3.06 bits per heavy atom. The van der Waals surface area contributed by atoms with Crippen LogP contribution in [0.4, 0.5) is 5.69 Å². The third-order valence-electron chi connectivity index (χ3n) is 2.90. The molecule has 1 aliphatic heterocycles. The van der Waals surface area contributed by atoms with Crippen LogP contribution in [0.25, 0.3) is 0 Å². The highest BCUT2D eigenvalue weighted by Gasteiger charge is 2.23. The number of ether oxygens (including phenoxy) is 1. The maximum atomic E-state index is 11.8. The second-order valence-electron chi connectivity index (χ2n) is 4.41. The number of nitrogens with two attached hydrogens (primary N) is 1. The fourth-order valence-corrected chi connectivity index (χ4v) is 1.91. The van der Waals surface area contributed by atoms with Crippen LogP contribution in [0.1, 0.15) is 31.4 Å². The molecule has 0 radical (unpaired) electrons. The van der Waals surface area contributed by atoms with Gasteiger partial charge in [-0.2, -0.15) is 0 Å². The minimum atomic E-state index is -0.297. The number of hydrogen-bond donors (Lipinski definition) is 2. The van der Waals surface area contributed by atoms with Crippen LogP contribution in [0.3, 0.4) is 0 Å². The zero-order valence-corrected chi connectivity index (χ0v) is 9.98. The standard InChI is InChI=1S/C13H18N2O2/c1-9(14)10-4-2-5-11(8-10)15-13(16)12-6-3-7-17-12/h2,4-5,8-9,12H,3,6-7,14H2,1H3,(H,15,16). The topological polar surface area (TPSA) is 64.3 Å². The number of rotatable bonds is 3. The van der Waals surface area contributed by atoms with Gasteiger partial charge in [-0.1, -0.05) is 12.1 Å². The maximum absolute atomic E-state index is 11.8. The molecule has 1 fully saturated rings. The minimum Gasteiger partial charge on any atom is -0.368 e. The SMILES string of the molecule is CC(N)c1cccc(NC(=O)C2CCCO2)c1. The molecule has 1 amide bonds. The summed E-state index contributed by atoms with van der Waals surface area (Å²) >= 11 is 0. The van der Waals surface area contributed by atoms with Gasteiger partial charge in [0.1, 0.15) is 6.10 Å². The van der Waals surface area contributed by atoms with Crippen molar-refractivity contribution in [2.45, 2.75) is 31.9 Å². The van der Waals surface area contributed by atoms with Crippen LogP contribution in [0.2, 0.25) is 0 Å². The van der Waals surface area contributed by atoms with Crippen LogP contribution >= 0.6 is 0 Å². The van der Waals surface area contributed by atoms with Crippen LogP contribution in [-0.2, 0) is 9.53 Å². The molecule has 92 valence electrons. The summed E-state index contributed by atoms with van der Waals surface area (Å²) in [5.41, 5.74) is 7.59. The highest BCUT2D eigenvalue weighted by atomic mass is 16.5. The monoisotopic (exact) mass is 234 g/mol. The summed E-state index contributed by atoms with van der Waals surface area (Å²) in [6.07, 6.45) is 1.46. The second-order valence-corrected chi connectivity index (χ2v) is 4.41. The number of amides is 1. The van der Waals surface area contributed by atoms with E-state index in [1.807, 2.05) is 31.2 Å². The van der Waals surface area contributed by atoms with Gasteiger partial charge in [0.05, 0.1) is 0 Å². The Bertz CT molecular complexity index is 398. The molecule has 2 atom stereocenters. The average Bonchev–Trinajstić information content (AvgIpc) is 2.82. The molecule has 1 aliphatic rings. The number of hydrogen-bond acceptors (Lipinski definition) is 3. The number of carbonyl (C=O) groups excluding carboxylic acids is 1. The molecule has 4 nitrogen and oxygen atoms in total. The smallest absolute Gasteiger partial charge is 0.253 e. The van der Waals surface area contributed by atoms with E-state index in [1.54, 1.807) is 0 Å². The molecule has 0 bridgehead atoms. The predicted octanol–water partition coefficient (Wildman–Crippen LogP) is 1.82. The van der Waals surface area contributed by atoms with Crippen LogP contribution in [0, 0.1) is 0 Å². The van der Waals surface area contributed by atoms with Crippen molar-refractivity contribution in [1.29, 1.82) is 0 Å². The normalized spacial score (nSPS) is 21.2. The summed E-state index contributed by atoms with van der Waals surface area (Å²) in [4.78, 5) is 11.8. The lowest BCUT2D eigenvalue weighted by Crippen LogP contribution is -2.26. The van der Waals surface area contributed by atoms with Crippen LogP contribution in [-0.4, -0.2) is 18.6 Å². The Morgan fingerprint density at radius 1 is 1.59 bits per heavy atom. The summed E-state index contributed by atoms with van der Waals surface area (Å²) in [6.45, 7) is 2.60. The Kier molecular flexibility index (Phi) is 3.76. The van der Waals surface area contributed by atoms with Gasteiger partial charge in [0.2, 0.25) is 0 Å². The fraction of sp³-hybridized carbons (Fsp3) is 0.462. The summed E-state index contributed by atoms with van der Waals surface area (Å²) in [7, 11) is 0. The van der Waals surface area contributed by atoms with Gasteiger partial charge >= 0.3 is 0 Å². The molecular weight excluding hydrogens is 216 g/mol. The van der Waals surface area contributed by atoms with E-state index in [9.17, 15) is 4.79 Å². The molecule has 4 heteroatoms. The third-order valence-corrected chi connectivity index (χ3v) is 2.90. The maximum Gasteiger partial charge on any atom is 0.253 e. The highest BCUT2D eigenvalue weighted by molar-refractivity contribution is 5.94. The minimum absolute atomic E-state index is 0.0328. The largest absolute Gasteiger partial charge is 0.368 e. The Morgan fingerprint density at radius 2 is 2.41 bits per heavy atom. The van der Waals surface area contributed by atoms with Gasteiger partial charge in [-0.15, -0.1) is 0 Å². The number of anilines is 1. The van der Waals surface area contributed by atoms with Crippen molar-refractivity contribution in [2.75, 3.05) is 11.9 Å². The van der Waals surface area contributed by atoms with E-state index in [1.165, 1.54) is 0 Å². The first kappa shape index (κ1) is 12.1. The van der Waals surface area contributed by atoms with E-state index in [0.717, 1.165) is 24.1 Å². The van der Waals surface area contributed by atoms with Gasteiger partial charge in [-0.25, -0.2) is 0 Å². The molecule has 3 N–H and O–H groups in total. The molecule has 0 aromatic heterocycles. The fourth-order valence-electron chi connectivity index (χ4n) is 1.91. The van der Waals surface area contributed by atoms with Crippen molar-refractivity contribution < 1.29 is 9.53 Å². The van der Waals surface area contributed by atoms with Gasteiger partial charge in [-0.3, -0.25) is 4.79 Å². The Labute approximate surface area is 101 Å². The molecule has 0 spiro atoms. The molecule has 1 heterocycles. The average molecular weight is 234 g/mol. The van der Waals surface area contributed by atoms with Crippen LogP contribution < -0.4 is 11.1 Å². The van der Waals surface area contributed by atoms with Gasteiger partial charge in [0.15, 0.2) is 0 Å². The summed E-state index contributed by atoms with van der Waals surface area (Å²) < 4.78 is 5.33. The van der Waals surface area contributed by atoms with Gasteiger partial charge in [0.25, 0.3) is 5.91 Å². The second kappa shape index (κ2) is 5.29. The quantitative estimate of drug-likeness (QED) is 0.838. The van der Waals surface area contributed by atoms with E-state index >= 15 is 0 Å². The van der Waals surface area contributed by atoms with E-state index in [0.29, 0.717) is 6.61 Å². The Hall–Kier alpha value is -1.39. The molecule has 2 unspecified atom stereocenters. The van der Waals surface area contributed by atoms with Crippen LogP contribution in [0.5, 0.6) is 0 Å². The van der Waals surface area contributed by atoms with Crippen molar-refractivity contribution >= 4 is 11.6 Å². The van der Waals surface area contributed by atoms with Crippen molar-refractivity contribution in [3.8, 4) is 0 Å². The van der Waals surface area contributed by atoms with Crippen LogP contribution in [0.15, 0.2) is 24.3 Å². The third kappa shape index (κ3) is 3.05. The lowest BCUT2D eigenvalue weighted by molar-refractivity contribution is -0.124. The van der Waals surface area contributed by atoms with Crippen molar-refractivity contribution in [3.05, 3.63) is 29.8 Å². The molecule has 1 aromatic rings. The lowest BCUT2D eigenvalue weighted by Gasteiger charge is -2.12. The zero-order chi connectivity index (χ0) is 12.3. The summed E-state index contributed by atoms with van der Waals surface area (Å²) in [6, 6.07) is 7.57. The molecule has 0 aliphatic carbocycles. The predicted molar refractivity (Wildman–Crippen MR) is 66.6 cm³/mol. The summed E-state index contributed by atoms with van der Waals surface area (Å²) in [5.74, 6) is -0.0654. The molecule has 2 rings (SSSR count). The number of carbonyl (C=O) groups is 1. The number of benzene rings is 1. The van der Waals surface area contributed by atoms with E-state index in [-0.39, 0.29) is 18.1 Å². The van der Waals surface area contributed by atoms with E-state index in [4.69, 9.17) is 10.5 Å². The molecule has 0 saturated carbocycles. The van der Waals surface area contributed by atoms with Gasteiger partial charge < -0.3 is 15.8 Å². The summed E-state index contributed by atoms with van der Waals surface area (Å²) in [5, 5.41) is 2.86. The first-order chi connectivity index (χ1) is 8.16. The van der Waals surface area contributed by atoms with Crippen molar-refractivity contribution in [2.24, 2.45) is 5.73 Å². The zero-order valence-electron chi connectivity index (χ0n) is 9.98. The van der Waals surface area contributed by atoms with Crippen molar-refractivity contribution in [1.82, 2.24) is 0 Å². The molecule has 17 heavy (non-hydrogen) atoms. The van der Waals surface area contributed by atoms with Gasteiger partial charge in [0, 0.05) is 18.3 Å². The van der Waals surface area contributed by atoms with Crippen molar-refractivity contribution in [3.63, 3.8) is 0 Å². The first-order valence-electron chi connectivity index (χ1n) is 5.95.